The van der Waals surface area contributed by atoms with E-state index >= 15 is 0 Å². The van der Waals surface area contributed by atoms with Crippen LogP contribution in [0.1, 0.15) is 28.9 Å². The number of nitrogens with one attached hydrogen (secondary N) is 1. The van der Waals surface area contributed by atoms with E-state index in [1.54, 1.807) is 4.90 Å². The molecule has 0 spiro atoms. The molecule has 2 heterocycles. The summed E-state index contributed by atoms with van der Waals surface area (Å²) in [6.45, 7) is 0.679. The van der Waals surface area contributed by atoms with Gasteiger partial charge in [-0.1, -0.05) is 17.3 Å². The van der Waals surface area contributed by atoms with E-state index in [-0.39, 0.29) is 17.0 Å². The Balaban J connectivity index is 1.42. The summed E-state index contributed by atoms with van der Waals surface area (Å²) in [5.74, 6) is -0.322. The highest BCUT2D eigenvalue weighted by Gasteiger charge is 2.45. The Morgan fingerprint density at radius 1 is 1.41 bits per heavy atom. The van der Waals surface area contributed by atoms with Crippen LogP contribution in [0.2, 0.25) is 0 Å². The van der Waals surface area contributed by atoms with Crippen LogP contribution in [0.15, 0.2) is 30.5 Å². The summed E-state index contributed by atoms with van der Waals surface area (Å²) >= 11 is 0. The minimum atomic E-state index is -0.430. The smallest absolute Gasteiger partial charge is 0.414 e. The summed E-state index contributed by atoms with van der Waals surface area (Å²) < 4.78 is 6.89. The molecule has 1 saturated heterocycles. The van der Waals surface area contributed by atoms with Crippen molar-refractivity contribution in [2.75, 3.05) is 18.5 Å². The molecule has 2 fully saturated rings. The lowest BCUT2D eigenvalue weighted by Gasteiger charge is -2.14. The van der Waals surface area contributed by atoms with Gasteiger partial charge >= 0.3 is 6.09 Å². The van der Waals surface area contributed by atoms with E-state index in [9.17, 15) is 14.9 Å². The summed E-state index contributed by atoms with van der Waals surface area (Å²) in [6.07, 6.45) is 2.45. The fraction of sp³-hybridized carbons (Fsp3) is 0.389. The normalized spacial score (nSPS) is 20.1. The number of benzene rings is 1. The summed E-state index contributed by atoms with van der Waals surface area (Å²) in [5.41, 5.74) is 1.58. The van der Waals surface area contributed by atoms with Crippen molar-refractivity contribution in [3.8, 4) is 6.07 Å². The second-order valence-corrected chi connectivity index (χ2v) is 6.76. The summed E-state index contributed by atoms with van der Waals surface area (Å²) in [7, 11) is 1.52. The van der Waals surface area contributed by atoms with Crippen molar-refractivity contribution in [1.29, 1.82) is 5.26 Å². The third-order valence-corrected chi connectivity index (χ3v) is 4.96. The number of rotatable bonds is 5. The Bertz CT molecular complexity index is 925. The fourth-order valence-electron chi connectivity index (χ4n) is 3.21. The van der Waals surface area contributed by atoms with Crippen LogP contribution in [0.5, 0.6) is 0 Å². The van der Waals surface area contributed by atoms with E-state index in [1.165, 1.54) is 17.9 Å². The van der Waals surface area contributed by atoms with Gasteiger partial charge in [-0.25, -0.2) is 9.48 Å². The maximum absolute atomic E-state index is 12.2. The Kier molecular flexibility index (Phi) is 4.03. The summed E-state index contributed by atoms with van der Waals surface area (Å²) in [4.78, 5) is 25.3. The third kappa shape index (κ3) is 3.10. The van der Waals surface area contributed by atoms with Crippen LogP contribution in [0, 0.1) is 11.3 Å². The number of nitriles is 1. The molecular weight excluding hydrogens is 348 g/mol. The van der Waals surface area contributed by atoms with Gasteiger partial charge in [0.2, 0.25) is 0 Å². The van der Waals surface area contributed by atoms with Crippen molar-refractivity contribution < 1.29 is 14.3 Å². The number of carbonyl (C=O) groups excluding carboxylic acids is 2. The highest BCUT2D eigenvalue weighted by molar-refractivity contribution is 5.91. The topological polar surface area (TPSA) is 113 Å². The van der Waals surface area contributed by atoms with E-state index in [1.807, 2.05) is 24.3 Å². The number of anilines is 1. The maximum atomic E-state index is 12.2. The molecule has 138 valence electrons. The Morgan fingerprint density at radius 3 is 2.78 bits per heavy atom. The lowest BCUT2D eigenvalue weighted by Crippen LogP contribution is -2.26. The molecule has 1 aromatic heterocycles. The maximum Gasteiger partial charge on any atom is 0.414 e. The van der Waals surface area contributed by atoms with Gasteiger partial charge < -0.3 is 10.1 Å². The first kappa shape index (κ1) is 17.0. The van der Waals surface area contributed by atoms with Gasteiger partial charge in [-0.05, 0) is 30.5 Å². The van der Waals surface area contributed by atoms with Crippen molar-refractivity contribution >= 4 is 17.7 Å². The second-order valence-electron chi connectivity index (χ2n) is 6.76. The van der Waals surface area contributed by atoms with Gasteiger partial charge in [-0.15, -0.1) is 5.10 Å². The first-order valence-corrected chi connectivity index (χ1v) is 8.67. The highest BCUT2D eigenvalue weighted by Crippen LogP contribution is 2.47. The lowest BCUT2D eigenvalue weighted by molar-refractivity contribution is 0.0957. The Morgan fingerprint density at radius 2 is 2.15 bits per heavy atom. The molecule has 0 radical (unpaired) electrons. The SMILES string of the molecule is CNC(=O)c1cn(C[C@H]2CN(c3ccc(C4(C#N)CC4)cc3)C(=O)O2)nn1. The lowest BCUT2D eigenvalue weighted by atomic mass is 9.97. The molecule has 1 atom stereocenters. The van der Waals surface area contributed by atoms with Crippen LogP contribution >= 0.6 is 0 Å². The van der Waals surface area contributed by atoms with E-state index in [0.29, 0.717) is 13.1 Å². The van der Waals surface area contributed by atoms with Gasteiger partial charge in [0, 0.05) is 12.7 Å². The van der Waals surface area contributed by atoms with Crippen molar-refractivity contribution in [2.45, 2.75) is 30.9 Å². The molecule has 1 aliphatic carbocycles. The fourth-order valence-corrected chi connectivity index (χ4v) is 3.21. The van der Waals surface area contributed by atoms with Gasteiger partial charge in [0.05, 0.1) is 30.8 Å². The van der Waals surface area contributed by atoms with E-state index < -0.39 is 12.2 Å². The zero-order valence-electron chi connectivity index (χ0n) is 14.8. The second kappa shape index (κ2) is 6.39. The molecule has 27 heavy (non-hydrogen) atoms. The van der Waals surface area contributed by atoms with Crippen LogP contribution in [0.25, 0.3) is 0 Å². The number of ether oxygens (including phenoxy) is 1. The molecule has 1 N–H and O–H groups in total. The first-order valence-electron chi connectivity index (χ1n) is 8.67. The zero-order chi connectivity index (χ0) is 19.0. The van der Waals surface area contributed by atoms with E-state index in [0.717, 1.165) is 24.1 Å². The molecule has 1 aromatic carbocycles. The van der Waals surface area contributed by atoms with Crippen LogP contribution in [-0.4, -0.2) is 46.7 Å². The monoisotopic (exact) mass is 366 g/mol. The van der Waals surface area contributed by atoms with Gasteiger partial charge in [0.15, 0.2) is 5.69 Å². The molecule has 2 aromatic rings. The average Bonchev–Trinajstić information content (AvgIpc) is 3.22. The van der Waals surface area contributed by atoms with Crippen molar-refractivity contribution in [3.05, 3.63) is 41.7 Å². The van der Waals surface area contributed by atoms with Gasteiger partial charge in [-0.3, -0.25) is 9.69 Å². The van der Waals surface area contributed by atoms with E-state index in [2.05, 4.69) is 21.7 Å². The number of cyclic esters (lactones) is 1. The molecule has 1 saturated carbocycles. The van der Waals surface area contributed by atoms with Crippen LogP contribution in [0.3, 0.4) is 0 Å². The van der Waals surface area contributed by atoms with Gasteiger partial charge in [0.25, 0.3) is 5.91 Å². The molecule has 2 aliphatic rings. The molecule has 0 bridgehead atoms. The molecule has 9 nitrogen and oxygen atoms in total. The largest absolute Gasteiger partial charge is 0.442 e. The minimum Gasteiger partial charge on any atom is -0.442 e. The molecule has 1 aliphatic heterocycles. The number of carbonyl (C=O) groups is 2. The molecule has 4 rings (SSSR count). The van der Waals surface area contributed by atoms with Crippen molar-refractivity contribution in [1.82, 2.24) is 20.3 Å². The Labute approximate surface area is 155 Å². The zero-order valence-corrected chi connectivity index (χ0v) is 14.8. The first-order chi connectivity index (χ1) is 13.0. The summed E-state index contributed by atoms with van der Waals surface area (Å²) in [5, 5.41) is 19.4. The van der Waals surface area contributed by atoms with Crippen molar-refractivity contribution in [3.63, 3.8) is 0 Å². The van der Waals surface area contributed by atoms with Crippen molar-refractivity contribution in [2.24, 2.45) is 0 Å². The number of hydrogen-bond acceptors (Lipinski definition) is 6. The number of amides is 2. The number of nitrogens with zero attached hydrogens (tertiary/aromatic N) is 5. The highest BCUT2D eigenvalue weighted by atomic mass is 16.6. The van der Waals surface area contributed by atoms with Crippen LogP contribution in [-0.2, 0) is 16.7 Å². The Hall–Kier alpha value is -3.41. The molecule has 2 amide bonds. The number of aromatic nitrogens is 3. The summed E-state index contributed by atoms with van der Waals surface area (Å²) in [6, 6.07) is 9.86. The predicted molar refractivity (Wildman–Crippen MR) is 94.0 cm³/mol. The molecular formula is C18H18N6O3. The van der Waals surface area contributed by atoms with Gasteiger partial charge in [0.1, 0.15) is 6.10 Å². The minimum absolute atomic E-state index is 0.209. The standard InChI is InChI=1S/C18H18N6O3/c1-20-16(25)15-10-23(22-21-15)8-14-9-24(17(26)27-14)13-4-2-12(3-5-13)18(11-19)6-7-18/h2-5,10,14H,6-9H2,1H3,(H,20,25)/t14-/m0/s1. The van der Waals surface area contributed by atoms with Gasteiger partial charge in [-0.2, -0.15) is 5.26 Å². The molecule has 0 unspecified atom stereocenters. The van der Waals surface area contributed by atoms with E-state index in [4.69, 9.17) is 4.74 Å². The average molecular weight is 366 g/mol. The van der Waals surface area contributed by atoms with Crippen LogP contribution in [0.4, 0.5) is 10.5 Å². The molecule has 9 heteroatoms. The quantitative estimate of drug-likeness (QED) is 0.851. The van der Waals surface area contributed by atoms with Crippen LogP contribution < -0.4 is 10.2 Å². The number of hydrogen-bond donors (Lipinski definition) is 1. The predicted octanol–water partition coefficient (Wildman–Crippen LogP) is 1.22. The third-order valence-electron chi connectivity index (χ3n) is 4.96.